The third-order valence-electron chi connectivity index (χ3n) is 4.56. The van der Waals surface area contributed by atoms with Gasteiger partial charge in [-0.05, 0) is 37.3 Å². The van der Waals surface area contributed by atoms with Crippen LogP contribution in [0.15, 0.2) is 33.6 Å². The number of sulfonamides is 1. The van der Waals surface area contributed by atoms with Crippen molar-refractivity contribution in [1.82, 2.24) is 14.5 Å². The summed E-state index contributed by atoms with van der Waals surface area (Å²) in [5, 5.41) is 8.33. The van der Waals surface area contributed by atoms with Crippen molar-refractivity contribution >= 4 is 10.0 Å². The lowest BCUT2D eigenvalue weighted by Gasteiger charge is -2.30. The van der Waals surface area contributed by atoms with Gasteiger partial charge in [0.2, 0.25) is 21.8 Å². The van der Waals surface area contributed by atoms with Crippen molar-refractivity contribution in [2.75, 3.05) is 13.1 Å². The van der Waals surface area contributed by atoms with Gasteiger partial charge < -0.3 is 4.42 Å². The minimum atomic E-state index is -3.50. The molecule has 1 aromatic heterocycles. The summed E-state index contributed by atoms with van der Waals surface area (Å²) >= 11 is 0. The van der Waals surface area contributed by atoms with E-state index in [4.69, 9.17) is 4.42 Å². The maximum absolute atomic E-state index is 12.9. The van der Waals surface area contributed by atoms with Gasteiger partial charge in [0.25, 0.3) is 0 Å². The van der Waals surface area contributed by atoms with E-state index in [-0.39, 0.29) is 11.3 Å². The molecule has 142 valence electrons. The lowest BCUT2D eigenvalue weighted by atomic mass is 9.92. The zero-order valence-corrected chi connectivity index (χ0v) is 16.7. The van der Waals surface area contributed by atoms with Crippen LogP contribution in [0.25, 0.3) is 0 Å². The Hall–Kier alpha value is -1.73. The van der Waals surface area contributed by atoms with Gasteiger partial charge >= 0.3 is 0 Å². The fraction of sp³-hybridized carbons (Fsp3) is 0.579. The Morgan fingerprint density at radius 2 is 1.88 bits per heavy atom. The lowest BCUT2D eigenvalue weighted by Crippen LogP contribution is -2.39. The number of hydrogen-bond donors (Lipinski definition) is 0. The molecule has 1 aromatic carbocycles. The normalized spacial score (nSPS) is 19.6. The van der Waals surface area contributed by atoms with E-state index in [2.05, 4.69) is 31.0 Å². The largest absolute Gasteiger partial charge is 0.425 e. The highest BCUT2D eigenvalue weighted by molar-refractivity contribution is 7.89. The van der Waals surface area contributed by atoms with Crippen LogP contribution in [0.1, 0.15) is 56.9 Å². The van der Waals surface area contributed by atoms with Crippen LogP contribution < -0.4 is 0 Å². The van der Waals surface area contributed by atoms with Gasteiger partial charge in [-0.3, -0.25) is 0 Å². The Morgan fingerprint density at radius 1 is 1.19 bits per heavy atom. The van der Waals surface area contributed by atoms with Gasteiger partial charge in [-0.25, -0.2) is 8.42 Å². The molecular weight excluding hydrogens is 350 g/mol. The van der Waals surface area contributed by atoms with Crippen molar-refractivity contribution in [2.24, 2.45) is 5.41 Å². The molecule has 0 saturated carbocycles. The Morgan fingerprint density at radius 3 is 2.54 bits per heavy atom. The number of aryl methyl sites for hydroxylation is 1. The minimum Gasteiger partial charge on any atom is -0.425 e. The first-order valence-corrected chi connectivity index (χ1v) is 10.5. The SMILES string of the molecule is Cc1ccc(S(=O)(=O)N2CCCC(c3nnc(CC(C)(C)C)o3)C2)cc1. The van der Waals surface area contributed by atoms with E-state index in [1.807, 2.05) is 19.1 Å². The fourth-order valence-electron chi connectivity index (χ4n) is 3.18. The minimum absolute atomic E-state index is 0.0507. The van der Waals surface area contributed by atoms with Crippen molar-refractivity contribution < 1.29 is 12.8 Å². The number of aromatic nitrogens is 2. The molecule has 3 rings (SSSR count). The molecule has 0 aliphatic carbocycles. The van der Waals surface area contributed by atoms with E-state index in [0.717, 1.165) is 18.4 Å². The summed E-state index contributed by atoms with van der Waals surface area (Å²) in [7, 11) is -3.50. The number of rotatable bonds is 4. The van der Waals surface area contributed by atoms with Crippen LogP contribution in [-0.4, -0.2) is 36.0 Å². The van der Waals surface area contributed by atoms with E-state index < -0.39 is 10.0 Å². The molecule has 0 spiro atoms. The van der Waals surface area contributed by atoms with Crippen LogP contribution in [0.3, 0.4) is 0 Å². The zero-order valence-electron chi connectivity index (χ0n) is 15.9. The summed E-state index contributed by atoms with van der Waals surface area (Å²) in [4.78, 5) is 0.336. The van der Waals surface area contributed by atoms with Gasteiger partial charge in [0.1, 0.15) is 0 Å². The van der Waals surface area contributed by atoms with Crippen molar-refractivity contribution in [1.29, 1.82) is 0 Å². The number of nitrogens with zero attached hydrogens (tertiary/aromatic N) is 3. The Labute approximate surface area is 155 Å². The Bertz CT molecular complexity index is 851. The summed E-state index contributed by atoms with van der Waals surface area (Å²) in [6, 6.07) is 6.99. The highest BCUT2D eigenvalue weighted by Crippen LogP contribution is 2.30. The Kier molecular flexibility index (Phi) is 5.21. The standard InChI is InChI=1S/C19H27N3O3S/c1-14-7-9-16(10-8-14)26(23,24)22-11-5-6-15(13-22)18-21-20-17(25-18)12-19(2,3)4/h7-10,15H,5-6,11-13H2,1-4H3. The molecule has 6 nitrogen and oxygen atoms in total. The molecule has 0 radical (unpaired) electrons. The van der Waals surface area contributed by atoms with Crippen LogP contribution in [-0.2, 0) is 16.4 Å². The second kappa shape index (κ2) is 7.12. The summed E-state index contributed by atoms with van der Waals surface area (Å²) in [5.74, 6) is 1.12. The van der Waals surface area contributed by atoms with Crippen LogP contribution >= 0.6 is 0 Å². The predicted octanol–water partition coefficient (Wildman–Crippen LogP) is 3.53. The van der Waals surface area contributed by atoms with Gasteiger partial charge in [-0.2, -0.15) is 4.31 Å². The molecule has 2 aromatic rings. The quantitative estimate of drug-likeness (QED) is 0.814. The van der Waals surface area contributed by atoms with Gasteiger partial charge in [0.05, 0.1) is 10.8 Å². The molecule has 1 aliphatic heterocycles. The maximum Gasteiger partial charge on any atom is 0.243 e. The van der Waals surface area contributed by atoms with E-state index in [1.165, 1.54) is 0 Å². The topological polar surface area (TPSA) is 76.3 Å². The van der Waals surface area contributed by atoms with E-state index in [1.54, 1.807) is 16.4 Å². The van der Waals surface area contributed by atoms with Gasteiger partial charge in [-0.15, -0.1) is 10.2 Å². The first-order chi connectivity index (χ1) is 12.1. The summed E-state index contributed by atoms with van der Waals surface area (Å²) in [5.41, 5.74) is 1.11. The molecule has 0 bridgehead atoms. The highest BCUT2D eigenvalue weighted by atomic mass is 32.2. The van der Waals surface area contributed by atoms with Gasteiger partial charge in [-0.1, -0.05) is 38.5 Å². The Balaban J connectivity index is 1.76. The van der Waals surface area contributed by atoms with E-state index in [9.17, 15) is 8.42 Å². The summed E-state index contributed by atoms with van der Waals surface area (Å²) < 4.78 is 33.2. The number of piperidine rings is 1. The molecule has 0 N–H and O–H groups in total. The molecule has 2 heterocycles. The van der Waals surface area contributed by atoms with Crippen molar-refractivity contribution in [3.63, 3.8) is 0 Å². The van der Waals surface area contributed by atoms with Crippen LogP contribution in [0.4, 0.5) is 0 Å². The first-order valence-electron chi connectivity index (χ1n) is 9.04. The van der Waals surface area contributed by atoms with Crippen LogP contribution in [0.2, 0.25) is 0 Å². The average Bonchev–Trinajstić information content (AvgIpc) is 3.02. The molecule has 1 saturated heterocycles. The average molecular weight is 378 g/mol. The second-order valence-electron chi connectivity index (χ2n) is 8.29. The van der Waals surface area contributed by atoms with Crippen LogP contribution in [0.5, 0.6) is 0 Å². The van der Waals surface area contributed by atoms with E-state index >= 15 is 0 Å². The predicted molar refractivity (Wildman–Crippen MR) is 99.4 cm³/mol. The summed E-state index contributed by atoms with van der Waals surface area (Å²) in [6.45, 7) is 9.20. The van der Waals surface area contributed by atoms with Crippen molar-refractivity contribution in [2.45, 2.75) is 57.8 Å². The molecule has 1 unspecified atom stereocenters. The number of benzene rings is 1. The molecule has 1 atom stereocenters. The van der Waals surface area contributed by atoms with Crippen LogP contribution in [0, 0.1) is 12.3 Å². The molecule has 0 amide bonds. The third-order valence-corrected chi connectivity index (χ3v) is 6.44. The van der Waals surface area contributed by atoms with Crippen molar-refractivity contribution in [3.05, 3.63) is 41.6 Å². The lowest BCUT2D eigenvalue weighted by molar-refractivity contribution is 0.274. The van der Waals surface area contributed by atoms with Gasteiger partial charge in [0.15, 0.2) is 0 Å². The van der Waals surface area contributed by atoms with E-state index in [0.29, 0.717) is 36.2 Å². The second-order valence-corrected chi connectivity index (χ2v) is 10.2. The molecule has 26 heavy (non-hydrogen) atoms. The van der Waals surface area contributed by atoms with Gasteiger partial charge in [0, 0.05) is 19.5 Å². The number of hydrogen-bond acceptors (Lipinski definition) is 5. The van der Waals surface area contributed by atoms with Crippen molar-refractivity contribution in [3.8, 4) is 0 Å². The zero-order chi connectivity index (χ0) is 18.9. The molecule has 1 fully saturated rings. The molecular formula is C19H27N3O3S. The third kappa shape index (κ3) is 4.32. The first kappa shape index (κ1) is 19.0. The maximum atomic E-state index is 12.9. The monoisotopic (exact) mass is 377 g/mol. The molecule has 1 aliphatic rings. The highest BCUT2D eigenvalue weighted by Gasteiger charge is 2.33. The fourth-order valence-corrected chi connectivity index (χ4v) is 4.70. The molecule has 7 heteroatoms. The smallest absolute Gasteiger partial charge is 0.243 e. The summed E-state index contributed by atoms with van der Waals surface area (Å²) in [6.07, 6.45) is 2.35.